The van der Waals surface area contributed by atoms with Gasteiger partial charge in [0, 0.05) is 12.2 Å². The lowest BCUT2D eigenvalue weighted by Gasteiger charge is -2.24. The number of hydrogen-bond acceptors (Lipinski definition) is 3. The fourth-order valence-electron chi connectivity index (χ4n) is 1.93. The van der Waals surface area contributed by atoms with Gasteiger partial charge in [-0.15, -0.1) is 0 Å². The van der Waals surface area contributed by atoms with Crippen molar-refractivity contribution in [3.63, 3.8) is 0 Å². The minimum atomic E-state index is -1.01. The van der Waals surface area contributed by atoms with E-state index in [0.29, 0.717) is 18.0 Å². The predicted molar refractivity (Wildman–Crippen MR) is 87.5 cm³/mol. The maximum Gasteiger partial charge on any atom is 0.313 e. The van der Waals surface area contributed by atoms with Gasteiger partial charge in [0.15, 0.2) is 0 Å². The van der Waals surface area contributed by atoms with Crippen molar-refractivity contribution < 1.29 is 14.7 Å². The second kappa shape index (κ2) is 7.94. The third-order valence-electron chi connectivity index (χ3n) is 3.49. The van der Waals surface area contributed by atoms with Crippen molar-refractivity contribution in [2.75, 3.05) is 11.9 Å². The van der Waals surface area contributed by atoms with Crippen molar-refractivity contribution in [3.8, 4) is 0 Å². The van der Waals surface area contributed by atoms with E-state index in [0.717, 1.165) is 12.0 Å². The van der Waals surface area contributed by atoms with Crippen LogP contribution in [0.3, 0.4) is 0 Å². The van der Waals surface area contributed by atoms with E-state index in [2.05, 4.69) is 24.5 Å². The first-order chi connectivity index (χ1) is 10.2. The lowest BCUT2D eigenvalue weighted by atomic mass is 9.95. The van der Waals surface area contributed by atoms with Crippen LogP contribution in [0.2, 0.25) is 0 Å². The molecule has 1 aromatic carbocycles. The first-order valence-electron chi connectivity index (χ1n) is 7.58. The Labute approximate surface area is 132 Å². The highest BCUT2D eigenvalue weighted by Gasteiger charge is 2.23. The minimum Gasteiger partial charge on any atom is -0.388 e. The molecule has 1 rings (SSSR count). The number of carbonyl (C=O) groups excluding carboxylic acids is 2. The third-order valence-corrected chi connectivity index (χ3v) is 3.49. The number of amides is 2. The molecule has 5 nitrogen and oxygen atoms in total. The molecule has 1 aromatic rings. The van der Waals surface area contributed by atoms with Crippen LogP contribution in [-0.2, 0) is 9.59 Å². The van der Waals surface area contributed by atoms with Crippen LogP contribution >= 0.6 is 0 Å². The molecule has 0 heterocycles. The molecule has 0 aliphatic heterocycles. The molecule has 5 heteroatoms. The molecule has 0 spiro atoms. The number of anilines is 1. The summed E-state index contributed by atoms with van der Waals surface area (Å²) in [5, 5.41) is 15.2. The van der Waals surface area contributed by atoms with E-state index in [1.807, 2.05) is 19.1 Å². The van der Waals surface area contributed by atoms with Gasteiger partial charge in [0.05, 0.1) is 5.60 Å². The van der Waals surface area contributed by atoms with E-state index >= 15 is 0 Å². The van der Waals surface area contributed by atoms with Crippen LogP contribution in [0.5, 0.6) is 0 Å². The summed E-state index contributed by atoms with van der Waals surface area (Å²) in [4.78, 5) is 23.7. The second-order valence-corrected chi connectivity index (χ2v) is 6.38. The Hall–Kier alpha value is -1.88. The Morgan fingerprint density at radius 1 is 1.23 bits per heavy atom. The van der Waals surface area contributed by atoms with Crippen LogP contribution in [0.25, 0.3) is 0 Å². The number of aryl methyl sites for hydroxylation is 1. The molecule has 0 fully saturated rings. The highest BCUT2D eigenvalue weighted by molar-refractivity contribution is 6.39. The normalized spacial score (nSPS) is 13.5. The molecule has 1 unspecified atom stereocenters. The first kappa shape index (κ1) is 18.2. The van der Waals surface area contributed by atoms with Gasteiger partial charge in [-0.3, -0.25) is 9.59 Å². The lowest BCUT2D eigenvalue weighted by molar-refractivity contribution is -0.136. The zero-order chi connectivity index (χ0) is 16.8. The molecule has 0 saturated heterocycles. The van der Waals surface area contributed by atoms with Gasteiger partial charge < -0.3 is 15.7 Å². The Morgan fingerprint density at radius 3 is 2.45 bits per heavy atom. The van der Waals surface area contributed by atoms with Crippen LogP contribution in [0.1, 0.15) is 39.2 Å². The Morgan fingerprint density at radius 2 is 1.86 bits per heavy atom. The molecule has 2 amide bonds. The van der Waals surface area contributed by atoms with E-state index in [9.17, 15) is 14.7 Å². The van der Waals surface area contributed by atoms with Gasteiger partial charge in [0.2, 0.25) is 0 Å². The highest BCUT2D eigenvalue weighted by atomic mass is 16.3. The van der Waals surface area contributed by atoms with Gasteiger partial charge in [-0.05, 0) is 44.2 Å². The summed E-state index contributed by atoms with van der Waals surface area (Å²) in [7, 11) is 0. The van der Waals surface area contributed by atoms with Crippen molar-refractivity contribution in [2.45, 2.75) is 46.1 Å². The van der Waals surface area contributed by atoms with E-state index in [1.165, 1.54) is 0 Å². The number of aliphatic hydroxyl groups is 1. The minimum absolute atomic E-state index is 0.0553. The molecule has 0 saturated carbocycles. The monoisotopic (exact) mass is 306 g/mol. The summed E-state index contributed by atoms with van der Waals surface area (Å²) in [6, 6.07) is 7.23. The summed E-state index contributed by atoms with van der Waals surface area (Å²) in [5.74, 6) is -0.992. The molecule has 122 valence electrons. The largest absolute Gasteiger partial charge is 0.388 e. The van der Waals surface area contributed by atoms with Crippen LogP contribution in [-0.4, -0.2) is 29.1 Å². The molecule has 0 radical (unpaired) electrons. The summed E-state index contributed by atoms with van der Waals surface area (Å²) >= 11 is 0. The zero-order valence-corrected chi connectivity index (χ0v) is 13.8. The third kappa shape index (κ3) is 6.26. The van der Waals surface area contributed by atoms with Crippen LogP contribution in [0, 0.1) is 12.8 Å². The van der Waals surface area contributed by atoms with Crippen LogP contribution < -0.4 is 10.6 Å². The summed E-state index contributed by atoms with van der Waals surface area (Å²) < 4.78 is 0. The topological polar surface area (TPSA) is 78.4 Å². The van der Waals surface area contributed by atoms with Gasteiger partial charge in [0.1, 0.15) is 0 Å². The van der Waals surface area contributed by atoms with Crippen molar-refractivity contribution >= 4 is 17.5 Å². The number of nitrogens with one attached hydrogen (secondary N) is 2. The fourth-order valence-corrected chi connectivity index (χ4v) is 1.93. The van der Waals surface area contributed by atoms with Crippen LogP contribution in [0.15, 0.2) is 24.3 Å². The molecular formula is C17H26N2O3. The van der Waals surface area contributed by atoms with Crippen molar-refractivity contribution in [1.29, 1.82) is 0 Å². The average Bonchev–Trinajstić information content (AvgIpc) is 2.45. The number of benzene rings is 1. The number of rotatable bonds is 6. The SMILES string of the molecule is Cc1ccccc1NC(=O)C(=O)NCC(C)(O)CCC(C)C. The number of para-hydroxylation sites is 1. The second-order valence-electron chi connectivity index (χ2n) is 6.38. The van der Waals surface area contributed by atoms with E-state index in [1.54, 1.807) is 19.1 Å². The molecule has 0 aliphatic rings. The molecule has 0 bridgehead atoms. The predicted octanol–water partition coefficient (Wildman–Crippen LogP) is 2.24. The molecule has 3 N–H and O–H groups in total. The molecule has 0 aromatic heterocycles. The van der Waals surface area contributed by atoms with Gasteiger partial charge >= 0.3 is 11.8 Å². The zero-order valence-electron chi connectivity index (χ0n) is 13.8. The Balaban J connectivity index is 2.48. The standard InChI is InChI=1S/C17H26N2O3/c1-12(2)9-10-17(4,22)11-18-15(20)16(21)19-14-8-6-5-7-13(14)3/h5-8,12,22H,9-11H2,1-4H3,(H,18,20)(H,19,21). The molecule has 22 heavy (non-hydrogen) atoms. The van der Waals surface area contributed by atoms with Gasteiger partial charge in [-0.2, -0.15) is 0 Å². The van der Waals surface area contributed by atoms with Gasteiger partial charge in [-0.1, -0.05) is 32.0 Å². The van der Waals surface area contributed by atoms with E-state index in [-0.39, 0.29) is 6.54 Å². The number of hydrogen-bond donors (Lipinski definition) is 3. The smallest absolute Gasteiger partial charge is 0.313 e. The molecular weight excluding hydrogens is 280 g/mol. The number of carbonyl (C=O) groups is 2. The molecule has 1 atom stereocenters. The van der Waals surface area contributed by atoms with Crippen LogP contribution in [0.4, 0.5) is 5.69 Å². The summed E-state index contributed by atoms with van der Waals surface area (Å²) in [5.41, 5.74) is 0.477. The van der Waals surface area contributed by atoms with Crippen molar-refractivity contribution in [3.05, 3.63) is 29.8 Å². The fraction of sp³-hybridized carbons (Fsp3) is 0.529. The Kier molecular flexibility index (Phi) is 6.56. The highest BCUT2D eigenvalue weighted by Crippen LogP contribution is 2.16. The van der Waals surface area contributed by atoms with Gasteiger partial charge in [0.25, 0.3) is 0 Å². The van der Waals surface area contributed by atoms with Crippen molar-refractivity contribution in [2.24, 2.45) is 5.92 Å². The average molecular weight is 306 g/mol. The quantitative estimate of drug-likeness (QED) is 0.705. The summed E-state index contributed by atoms with van der Waals surface area (Å²) in [6.07, 6.45) is 1.43. The maximum atomic E-state index is 11.8. The Bertz CT molecular complexity index is 524. The van der Waals surface area contributed by atoms with Crippen molar-refractivity contribution in [1.82, 2.24) is 5.32 Å². The molecule has 0 aliphatic carbocycles. The van der Waals surface area contributed by atoms with E-state index < -0.39 is 17.4 Å². The summed E-state index contributed by atoms with van der Waals surface area (Å²) in [6.45, 7) is 7.72. The maximum absolute atomic E-state index is 11.8. The lowest BCUT2D eigenvalue weighted by Crippen LogP contribution is -2.44. The van der Waals surface area contributed by atoms with E-state index in [4.69, 9.17) is 0 Å². The first-order valence-corrected chi connectivity index (χ1v) is 7.58. The van der Waals surface area contributed by atoms with Gasteiger partial charge in [-0.25, -0.2) is 0 Å².